The molecule has 0 aliphatic heterocycles. The number of benzene rings is 1. The normalized spacial score (nSPS) is 26.8. The Kier molecular flexibility index (Phi) is 2.68. The molecule has 0 heterocycles. The van der Waals surface area contributed by atoms with Gasteiger partial charge in [-0.05, 0) is 36.3 Å². The summed E-state index contributed by atoms with van der Waals surface area (Å²) in [5.74, 6) is 1.07. The Morgan fingerprint density at radius 2 is 2.00 bits per heavy atom. The van der Waals surface area contributed by atoms with Gasteiger partial charge in [-0.2, -0.15) is 0 Å². The van der Waals surface area contributed by atoms with Gasteiger partial charge < -0.3 is 0 Å². The molecule has 1 fully saturated rings. The summed E-state index contributed by atoms with van der Waals surface area (Å²) in [7, 11) is 0. The fraction of sp³-hybridized carbons (Fsp3) is 0.312. The van der Waals surface area contributed by atoms with E-state index in [4.69, 9.17) is 0 Å². The molecule has 2 atom stereocenters. The average molecular weight is 224 g/mol. The molecule has 86 valence electrons. The predicted octanol–water partition coefficient (Wildman–Crippen LogP) is 3.32. The monoisotopic (exact) mass is 224 g/mol. The highest BCUT2D eigenvalue weighted by atomic mass is 16.1. The number of allylic oxidation sites excluding steroid dienone is 4. The van der Waals surface area contributed by atoms with Gasteiger partial charge in [0, 0.05) is 5.92 Å². The number of carbonyl (C=O) groups excluding carboxylic acids is 1. The number of Topliss-reactive ketones (excluding diaryl/α,β-unsaturated/α-hetero) is 1. The van der Waals surface area contributed by atoms with Crippen LogP contribution in [0.1, 0.15) is 18.4 Å². The topological polar surface area (TPSA) is 17.1 Å². The third-order valence-corrected chi connectivity index (χ3v) is 3.82. The van der Waals surface area contributed by atoms with Crippen LogP contribution < -0.4 is 0 Å². The fourth-order valence-corrected chi connectivity index (χ4v) is 2.94. The van der Waals surface area contributed by atoms with Crippen molar-refractivity contribution < 1.29 is 4.79 Å². The third kappa shape index (κ3) is 1.97. The number of fused-ring (bicyclic) bond motifs is 1. The lowest BCUT2D eigenvalue weighted by atomic mass is 9.94. The lowest BCUT2D eigenvalue weighted by Crippen LogP contribution is -2.10. The molecule has 1 heteroatoms. The van der Waals surface area contributed by atoms with Gasteiger partial charge in [0.05, 0.1) is 0 Å². The molecule has 0 amide bonds. The minimum Gasteiger partial charge on any atom is -0.294 e. The van der Waals surface area contributed by atoms with Crippen molar-refractivity contribution in [1.29, 1.82) is 0 Å². The Labute approximate surface area is 102 Å². The number of rotatable bonds is 2. The Bertz CT molecular complexity index is 482. The second-order valence-electron chi connectivity index (χ2n) is 4.97. The van der Waals surface area contributed by atoms with Crippen molar-refractivity contribution in [3.63, 3.8) is 0 Å². The lowest BCUT2D eigenvalue weighted by Gasteiger charge is -2.10. The fourth-order valence-electron chi connectivity index (χ4n) is 2.94. The summed E-state index contributed by atoms with van der Waals surface area (Å²) in [6, 6.07) is 10.3. The first-order valence-electron chi connectivity index (χ1n) is 6.29. The molecule has 0 saturated heterocycles. The molecule has 1 aromatic carbocycles. The number of ketones is 1. The lowest BCUT2D eigenvalue weighted by molar-refractivity contribution is -0.117. The molecule has 1 aromatic rings. The SMILES string of the molecule is O=C1C2=CC=CCC2CC1Cc1ccccc1. The standard InChI is InChI=1S/C16H16O/c17-16-14(10-12-6-2-1-3-7-12)11-13-8-4-5-9-15(13)16/h1-7,9,13-14H,8,10-11H2. The maximum absolute atomic E-state index is 12.2. The van der Waals surface area contributed by atoms with E-state index in [0.29, 0.717) is 11.7 Å². The molecule has 2 unspecified atom stereocenters. The van der Waals surface area contributed by atoms with Crippen molar-refractivity contribution in [3.8, 4) is 0 Å². The van der Waals surface area contributed by atoms with Crippen molar-refractivity contribution >= 4 is 5.78 Å². The number of hydrogen-bond donors (Lipinski definition) is 0. The van der Waals surface area contributed by atoms with Gasteiger partial charge >= 0.3 is 0 Å². The Morgan fingerprint density at radius 3 is 2.76 bits per heavy atom. The van der Waals surface area contributed by atoms with E-state index in [1.165, 1.54) is 5.56 Å². The van der Waals surface area contributed by atoms with Crippen molar-refractivity contribution in [1.82, 2.24) is 0 Å². The minimum atomic E-state index is 0.202. The highest BCUT2D eigenvalue weighted by molar-refractivity contribution is 6.00. The van der Waals surface area contributed by atoms with Crippen LogP contribution in [0, 0.1) is 11.8 Å². The maximum Gasteiger partial charge on any atom is 0.162 e. The zero-order chi connectivity index (χ0) is 11.7. The Balaban J connectivity index is 1.77. The third-order valence-electron chi connectivity index (χ3n) is 3.82. The van der Waals surface area contributed by atoms with Crippen molar-refractivity contribution in [2.75, 3.05) is 0 Å². The molecule has 2 aliphatic carbocycles. The summed E-state index contributed by atoms with van der Waals surface area (Å²) in [5, 5.41) is 0. The highest BCUT2D eigenvalue weighted by Gasteiger charge is 2.36. The molecule has 0 bridgehead atoms. The molecule has 0 radical (unpaired) electrons. The van der Waals surface area contributed by atoms with E-state index in [2.05, 4.69) is 18.2 Å². The first kappa shape index (κ1) is 10.5. The van der Waals surface area contributed by atoms with Crippen molar-refractivity contribution in [2.24, 2.45) is 11.8 Å². The van der Waals surface area contributed by atoms with Crippen LogP contribution in [-0.4, -0.2) is 5.78 Å². The number of hydrogen-bond acceptors (Lipinski definition) is 1. The zero-order valence-electron chi connectivity index (χ0n) is 9.80. The molecule has 17 heavy (non-hydrogen) atoms. The zero-order valence-corrected chi connectivity index (χ0v) is 9.80. The highest BCUT2D eigenvalue weighted by Crippen LogP contribution is 2.38. The molecular formula is C16H16O. The van der Waals surface area contributed by atoms with E-state index in [0.717, 1.165) is 24.8 Å². The molecule has 1 saturated carbocycles. The molecule has 0 spiro atoms. The summed E-state index contributed by atoms with van der Waals surface area (Å²) in [4.78, 5) is 12.2. The molecular weight excluding hydrogens is 208 g/mol. The van der Waals surface area contributed by atoms with Crippen molar-refractivity contribution in [3.05, 3.63) is 59.7 Å². The molecule has 3 rings (SSSR count). The van der Waals surface area contributed by atoms with Gasteiger partial charge in [-0.3, -0.25) is 4.79 Å². The number of carbonyl (C=O) groups is 1. The Hall–Kier alpha value is -1.63. The van der Waals surface area contributed by atoms with Gasteiger partial charge in [-0.1, -0.05) is 48.6 Å². The second-order valence-corrected chi connectivity index (χ2v) is 4.97. The van der Waals surface area contributed by atoms with Gasteiger partial charge in [0.1, 0.15) is 0 Å². The first-order chi connectivity index (χ1) is 8.34. The van der Waals surface area contributed by atoms with Crippen LogP contribution in [0.4, 0.5) is 0 Å². The maximum atomic E-state index is 12.2. The first-order valence-corrected chi connectivity index (χ1v) is 6.29. The smallest absolute Gasteiger partial charge is 0.162 e. The van der Waals surface area contributed by atoms with Crippen LogP contribution in [0.25, 0.3) is 0 Å². The van der Waals surface area contributed by atoms with Crippen LogP contribution in [-0.2, 0) is 11.2 Å². The molecule has 1 nitrogen and oxygen atoms in total. The van der Waals surface area contributed by atoms with Gasteiger partial charge in [-0.15, -0.1) is 0 Å². The van der Waals surface area contributed by atoms with Gasteiger partial charge in [-0.25, -0.2) is 0 Å². The van der Waals surface area contributed by atoms with E-state index < -0.39 is 0 Å². The van der Waals surface area contributed by atoms with Crippen LogP contribution >= 0.6 is 0 Å². The quantitative estimate of drug-likeness (QED) is 0.753. The van der Waals surface area contributed by atoms with Crippen molar-refractivity contribution in [2.45, 2.75) is 19.3 Å². The summed E-state index contributed by atoms with van der Waals surface area (Å²) >= 11 is 0. The Morgan fingerprint density at radius 1 is 1.18 bits per heavy atom. The van der Waals surface area contributed by atoms with E-state index in [9.17, 15) is 4.79 Å². The molecule has 0 N–H and O–H groups in total. The molecule has 0 aromatic heterocycles. The largest absolute Gasteiger partial charge is 0.294 e. The van der Waals surface area contributed by atoms with E-state index >= 15 is 0 Å². The predicted molar refractivity (Wildman–Crippen MR) is 68.6 cm³/mol. The average Bonchev–Trinajstić information content (AvgIpc) is 2.68. The minimum absolute atomic E-state index is 0.202. The van der Waals surface area contributed by atoms with Crippen LogP contribution in [0.3, 0.4) is 0 Å². The summed E-state index contributed by atoms with van der Waals surface area (Å²) in [5.41, 5.74) is 2.34. The summed E-state index contributed by atoms with van der Waals surface area (Å²) < 4.78 is 0. The molecule has 2 aliphatic rings. The second kappa shape index (κ2) is 4.33. The van der Waals surface area contributed by atoms with Gasteiger partial charge in [0.15, 0.2) is 5.78 Å². The van der Waals surface area contributed by atoms with Crippen LogP contribution in [0.15, 0.2) is 54.1 Å². The van der Waals surface area contributed by atoms with Gasteiger partial charge in [0.25, 0.3) is 0 Å². The van der Waals surface area contributed by atoms with E-state index in [-0.39, 0.29) is 5.92 Å². The summed E-state index contributed by atoms with van der Waals surface area (Å²) in [6.45, 7) is 0. The van der Waals surface area contributed by atoms with Gasteiger partial charge in [0.2, 0.25) is 0 Å². The van der Waals surface area contributed by atoms with Crippen LogP contribution in [0.5, 0.6) is 0 Å². The summed E-state index contributed by atoms with van der Waals surface area (Å²) in [6.07, 6.45) is 9.18. The van der Waals surface area contributed by atoms with Crippen LogP contribution in [0.2, 0.25) is 0 Å². The van der Waals surface area contributed by atoms with E-state index in [1.807, 2.05) is 30.4 Å². The van der Waals surface area contributed by atoms with E-state index in [1.54, 1.807) is 0 Å².